The van der Waals surface area contributed by atoms with Gasteiger partial charge in [-0.15, -0.1) is 0 Å². The normalized spacial score (nSPS) is 5.80. The SMILES string of the molecule is CCC=[N+]=N. The molecule has 0 aliphatic heterocycles. The zero-order chi connectivity index (χ0) is 4.12. The minimum atomic E-state index is 0.865. The Kier molecular flexibility index (Phi) is 2.96. The average Bonchev–Trinajstić information content (AvgIpc) is 1.41. The van der Waals surface area contributed by atoms with Crippen molar-refractivity contribution < 1.29 is 4.79 Å². The predicted octanol–water partition coefficient (Wildman–Crippen LogP) is 0.706. The molecule has 0 amide bonds. The number of hydrogen-bond donors (Lipinski definition) is 1. The van der Waals surface area contributed by atoms with Crippen LogP contribution in [0.25, 0.3) is 0 Å². The van der Waals surface area contributed by atoms with Gasteiger partial charge in [-0.1, -0.05) is 6.92 Å². The first kappa shape index (κ1) is 4.38. The standard InChI is InChI=1S/C3H7N2/c1-2-3-5-4/h3-4H,2H2,1H3/q+1. The highest BCUT2D eigenvalue weighted by molar-refractivity contribution is 5.48. The van der Waals surface area contributed by atoms with Gasteiger partial charge in [0, 0.05) is 11.2 Å². The number of rotatable bonds is 1. The van der Waals surface area contributed by atoms with E-state index in [0.29, 0.717) is 0 Å². The fraction of sp³-hybridized carbons (Fsp3) is 0.667. The Labute approximate surface area is 31.1 Å². The van der Waals surface area contributed by atoms with Gasteiger partial charge in [-0.25, -0.2) is 0 Å². The van der Waals surface area contributed by atoms with Crippen molar-refractivity contribution in [3.8, 4) is 0 Å². The van der Waals surface area contributed by atoms with Crippen molar-refractivity contribution in [2.75, 3.05) is 0 Å². The zero-order valence-electron chi connectivity index (χ0n) is 3.23. The summed E-state index contributed by atoms with van der Waals surface area (Å²) in [6, 6.07) is 0. The van der Waals surface area contributed by atoms with E-state index in [9.17, 15) is 0 Å². The zero-order valence-corrected chi connectivity index (χ0v) is 3.23. The molecule has 0 heterocycles. The monoisotopic (exact) mass is 71.1 g/mol. The average molecular weight is 71.1 g/mol. The van der Waals surface area contributed by atoms with E-state index in [1.165, 1.54) is 0 Å². The van der Waals surface area contributed by atoms with Crippen molar-refractivity contribution in [2.24, 2.45) is 0 Å². The fourth-order valence-electron chi connectivity index (χ4n) is 0.0913. The maximum atomic E-state index is 6.17. The molecule has 0 rings (SSSR count). The van der Waals surface area contributed by atoms with Gasteiger partial charge in [-0.3, -0.25) is 0 Å². The van der Waals surface area contributed by atoms with Crippen LogP contribution in [-0.4, -0.2) is 11.0 Å². The molecule has 0 saturated heterocycles. The first-order chi connectivity index (χ1) is 2.41. The summed E-state index contributed by atoms with van der Waals surface area (Å²) in [5.74, 6) is 0. The summed E-state index contributed by atoms with van der Waals surface area (Å²) in [7, 11) is 0. The van der Waals surface area contributed by atoms with Gasteiger partial charge in [-0.05, 0) is 0 Å². The van der Waals surface area contributed by atoms with E-state index in [4.69, 9.17) is 5.53 Å². The second-order valence-electron chi connectivity index (χ2n) is 0.720. The molecule has 0 aromatic rings. The highest BCUT2D eigenvalue weighted by atomic mass is 14.8. The Hall–Kier alpha value is -0.620. The quantitative estimate of drug-likeness (QED) is 0.268. The Morgan fingerprint density at radius 1 is 2.00 bits per heavy atom. The van der Waals surface area contributed by atoms with Crippen LogP contribution in [0.1, 0.15) is 13.3 Å². The largest absolute Gasteiger partial charge is 0.306 e. The molecule has 28 valence electrons. The lowest BCUT2D eigenvalue weighted by atomic mass is 10.6. The predicted molar refractivity (Wildman–Crippen MR) is 19.3 cm³/mol. The summed E-state index contributed by atoms with van der Waals surface area (Å²) >= 11 is 0. The third-order valence-corrected chi connectivity index (χ3v) is 0.274. The van der Waals surface area contributed by atoms with Crippen LogP contribution in [0.15, 0.2) is 0 Å². The molecule has 0 aromatic carbocycles. The molecular formula is C3H7N2+. The molecule has 5 heavy (non-hydrogen) atoms. The van der Waals surface area contributed by atoms with Gasteiger partial charge in [0.15, 0.2) is 0 Å². The molecule has 0 aromatic heterocycles. The fourth-order valence-corrected chi connectivity index (χ4v) is 0.0913. The van der Waals surface area contributed by atoms with Crippen LogP contribution in [0.4, 0.5) is 0 Å². The molecule has 1 N–H and O–H groups in total. The molecular weight excluding hydrogens is 64.0 g/mol. The lowest BCUT2D eigenvalue weighted by Crippen LogP contribution is -1.62. The second-order valence-corrected chi connectivity index (χ2v) is 0.720. The van der Waals surface area contributed by atoms with E-state index < -0.39 is 0 Å². The summed E-state index contributed by atoms with van der Waals surface area (Å²) in [5.41, 5.74) is 6.17. The second kappa shape index (κ2) is 3.38. The van der Waals surface area contributed by atoms with Gasteiger partial charge >= 0.3 is 6.21 Å². The summed E-state index contributed by atoms with van der Waals surface area (Å²) in [6.07, 6.45) is 2.41. The van der Waals surface area contributed by atoms with Crippen molar-refractivity contribution in [2.45, 2.75) is 13.3 Å². The summed E-state index contributed by atoms with van der Waals surface area (Å²) in [5, 5.41) is 0. The Balaban J connectivity index is 2.93. The third kappa shape index (κ3) is 3.38. The molecule has 0 unspecified atom stereocenters. The van der Waals surface area contributed by atoms with Crippen LogP contribution in [0.5, 0.6) is 0 Å². The van der Waals surface area contributed by atoms with Crippen LogP contribution < -0.4 is 0 Å². The molecule has 0 saturated carbocycles. The van der Waals surface area contributed by atoms with Crippen molar-refractivity contribution in [3.05, 3.63) is 0 Å². The molecule has 0 aliphatic rings. The first-order valence-corrected chi connectivity index (χ1v) is 1.60. The van der Waals surface area contributed by atoms with Crippen molar-refractivity contribution in [1.29, 1.82) is 5.53 Å². The maximum absolute atomic E-state index is 6.17. The number of nitrogens with zero attached hydrogens (tertiary/aromatic N) is 1. The molecule has 0 spiro atoms. The smallest absolute Gasteiger partial charge is 0.0548 e. The minimum Gasteiger partial charge on any atom is -0.0548 e. The third-order valence-electron chi connectivity index (χ3n) is 0.274. The summed E-state index contributed by atoms with van der Waals surface area (Å²) in [6.45, 7) is 1.94. The molecule has 2 heteroatoms. The van der Waals surface area contributed by atoms with E-state index in [2.05, 4.69) is 4.79 Å². The molecule has 0 fully saturated rings. The van der Waals surface area contributed by atoms with Crippen molar-refractivity contribution >= 4 is 6.21 Å². The van der Waals surface area contributed by atoms with Crippen molar-refractivity contribution in [1.82, 2.24) is 0 Å². The first-order valence-electron chi connectivity index (χ1n) is 1.60. The van der Waals surface area contributed by atoms with Crippen LogP contribution >= 0.6 is 0 Å². The van der Waals surface area contributed by atoms with Crippen LogP contribution in [0, 0.1) is 5.53 Å². The molecule has 0 aliphatic carbocycles. The van der Waals surface area contributed by atoms with Gasteiger partial charge in [0.25, 0.3) is 0 Å². The van der Waals surface area contributed by atoms with Crippen LogP contribution in [-0.2, 0) is 0 Å². The molecule has 0 bridgehead atoms. The van der Waals surface area contributed by atoms with E-state index >= 15 is 0 Å². The van der Waals surface area contributed by atoms with Crippen LogP contribution in [0.3, 0.4) is 0 Å². The molecule has 2 nitrogen and oxygen atoms in total. The van der Waals surface area contributed by atoms with Gasteiger partial charge in [0.2, 0.25) is 0 Å². The summed E-state index contributed by atoms with van der Waals surface area (Å²) < 4.78 is 0. The van der Waals surface area contributed by atoms with E-state index in [-0.39, 0.29) is 0 Å². The number of hydrogen-bond acceptors (Lipinski definition) is 1. The Morgan fingerprint density at radius 3 is 2.60 bits per heavy atom. The lowest BCUT2D eigenvalue weighted by Gasteiger charge is -1.44. The maximum Gasteiger partial charge on any atom is 0.306 e. The van der Waals surface area contributed by atoms with E-state index in [1.807, 2.05) is 6.92 Å². The number of nitrogens with one attached hydrogen (secondary N) is 1. The lowest BCUT2D eigenvalue weighted by molar-refractivity contribution is -0.114. The Morgan fingerprint density at radius 2 is 2.60 bits per heavy atom. The van der Waals surface area contributed by atoms with Gasteiger partial charge < -0.3 is 0 Å². The van der Waals surface area contributed by atoms with Gasteiger partial charge in [-0.2, -0.15) is 0 Å². The van der Waals surface area contributed by atoms with Crippen molar-refractivity contribution in [3.63, 3.8) is 0 Å². The van der Waals surface area contributed by atoms with E-state index in [0.717, 1.165) is 6.42 Å². The van der Waals surface area contributed by atoms with Crippen LogP contribution in [0.2, 0.25) is 0 Å². The topological polar surface area (TPSA) is 38.0 Å². The molecule has 0 radical (unpaired) electrons. The molecule has 0 atom stereocenters. The minimum absolute atomic E-state index is 0.865. The highest BCUT2D eigenvalue weighted by Gasteiger charge is 1.66. The Bertz CT molecular complexity index is 51.9. The van der Waals surface area contributed by atoms with Gasteiger partial charge in [0.05, 0.1) is 5.53 Å². The highest BCUT2D eigenvalue weighted by Crippen LogP contribution is 1.54. The van der Waals surface area contributed by atoms with Gasteiger partial charge in [0.1, 0.15) is 0 Å². The summed E-state index contributed by atoms with van der Waals surface area (Å²) in [4.78, 5) is 2.98. The van der Waals surface area contributed by atoms with E-state index in [1.54, 1.807) is 6.21 Å².